The Morgan fingerprint density at radius 2 is 1.88 bits per heavy atom. The topological polar surface area (TPSA) is 49.4 Å². The lowest BCUT2D eigenvalue weighted by molar-refractivity contribution is -0.143. The van der Waals surface area contributed by atoms with E-state index in [9.17, 15) is 9.59 Å². The van der Waals surface area contributed by atoms with Gasteiger partial charge < -0.3 is 10.2 Å². The van der Waals surface area contributed by atoms with Gasteiger partial charge in [-0.25, -0.2) is 0 Å². The highest BCUT2D eigenvalue weighted by Gasteiger charge is 2.34. The Bertz CT molecular complexity index is 762. The third kappa shape index (κ3) is 3.71. The average molecular weight is 363 g/mol. The van der Waals surface area contributed by atoms with Crippen molar-refractivity contribution in [1.29, 1.82) is 0 Å². The maximum absolute atomic E-state index is 12.7. The van der Waals surface area contributed by atoms with Crippen molar-refractivity contribution in [3.63, 3.8) is 0 Å². The summed E-state index contributed by atoms with van der Waals surface area (Å²) in [5.74, 6) is -0.287. The van der Waals surface area contributed by atoms with E-state index in [0.717, 1.165) is 5.56 Å². The van der Waals surface area contributed by atoms with Gasteiger partial charge in [0.05, 0.1) is 6.42 Å². The third-order valence-corrected chi connectivity index (χ3v) is 4.45. The molecule has 2 amide bonds. The molecule has 0 bridgehead atoms. The van der Waals surface area contributed by atoms with Gasteiger partial charge in [-0.15, -0.1) is 0 Å². The van der Waals surface area contributed by atoms with Crippen LogP contribution in [-0.4, -0.2) is 29.8 Å². The fourth-order valence-corrected chi connectivity index (χ4v) is 3.15. The molecule has 0 aromatic heterocycles. The van der Waals surface area contributed by atoms with Crippen LogP contribution < -0.4 is 5.32 Å². The van der Waals surface area contributed by atoms with Crippen molar-refractivity contribution in [3.8, 4) is 0 Å². The van der Waals surface area contributed by atoms with Crippen molar-refractivity contribution in [2.75, 3.05) is 13.1 Å². The van der Waals surface area contributed by atoms with Crippen LogP contribution in [0.4, 0.5) is 0 Å². The van der Waals surface area contributed by atoms with Gasteiger partial charge in [0.15, 0.2) is 0 Å². The van der Waals surface area contributed by atoms with Crippen LogP contribution in [0.1, 0.15) is 17.2 Å². The first-order valence-corrected chi connectivity index (χ1v) is 8.37. The monoisotopic (exact) mass is 362 g/mol. The summed E-state index contributed by atoms with van der Waals surface area (Å²) in [6.07, 6.45) is 0.224. The van der Waals surface area contributed by atoms with Crippen molar-refractivity contribution in [1.82, 2.24) is 10.2 Å². The van der Waals surface area contributed by atoms with Crippen LogP contribution in [0.3, 0.4) is 0 Å². The number of benzene rings is 2. The number of amides is 2. The molecule has 1 N–H and O–H groups in total. The van der Waals surface area contributed by atoms with Crippen LogP contribution in [-0.2, 0) is 16.0 Å². The quantitative estimate of drug-likeness (QED) is 0.910. The third-order valence-electron chi connectivity index (χ3n) is 3.97. The normalized spacial score (nSPS) is 17.5. The van der Waals surface area contributed by atoms with Gasteiger partial charge in [-0.1, -0.05) is 47.5 Å². The molecule has 0 radical (unpaired) electrons. The molecule has 6 heteroatoms. The van der Waals surface area contributed by atoms with E-state index in [1.54, 1.807) is 35.2 Å². The Morgan fingerprint density at radius 1 is 1.12 bits per heavy atom. The summed E-state index contributed by atoms with van der Waals surface area (Å²) >= 11 is 11.9. The molecule has 2 aromatic rings. The maximum atomic E-state index is 12.7. The van der Waals surface area contributed by atoms with Crippen LogP contribution in [0.2, 0.25) is 10.0 Å². The SMILES string of the molecule is O=C1NCCN(C(=O)Cc2ccc(Cl)cc2)C1c1cccc(Cl)c1. The standard InChI is InChI=1S/C18H16Cl2N2O2/c19-14-6-4-12(5-7-14)10-16(23)22-9-8-21-18(24)17(22)13-2-1-3-15(20)11-13/h1-7,11,17H,8-10H2,(H,21,24). The summed E-state index contributed by atoms with van der Waals surface area (Å²) in [6, 6.07) is 13.5. The summed E-state index contributed by atoms with van der Waals surface area (Å²) in [4.78, 5) is 26.7. The molecule has 24 heavy (non-hydrogen) atoms. The highest BCUT2D eigenvalue weighted by Crippen LogP contribution is 2.26. The van der Waals surface area contributed by atoms with E-state index in [1.807, 2.05) is 18.2 Å². The van der Waals surface area contributed by atoms with Crippen molar-refractivity contribution < 1.29 is 9.59 Å². The van der Waals surface area contributed by atoms with Crippen LogP contribution in [0.5, 0.6) is 0 Å². The Balaban J connectivity index is 1.84. The molecule has 1 aliphatic heterocycles. The zero-order valence-electron chi connectivity index (χ0n) is 12.8. The van der Waals surface area contributed by atoms with Gasteiger partial charge >= 0.3 is 0 Å². The molecule has 2 aromatic carbocycles. The van der Waals surface area contributed by atoms with Gasteiger partial charge in [-0.05, 0) is 35.4 Å². The molecule has 0 aliphatic carbocycles. The number of halogens is 2. The molecule has 1 fully saturated rings. The average Bonchev–Trinajstić information content (AvgIpc) is 2.56. The molecule has 4 nitrogen and oxygen atoms in total. The lowest BCUT2D eigenvalue weighted by Crippen LogP contribution is -2.52. The van der Waals surface area contributed by atoms with Gasteiger partial charge in [0, 0.05) is 23.1 Å². The van der Waals surface area contributed by atoms with E-state index in [2.05, 4.69) is 5.32 Å². The molecule has 3 rings (SSSR count). The van der Waals surface area contributed by atoms with Gasteiger partial charge in [0.1, 0.15) is 6.04 Å². The van der Waals surface area contributed by atoms with Crippen molar-refractivity contribution >= 4 is 35.0 Å². The number of carbonyl (C=O) groups is 2. The molecule has 1 atom stereocenters. The Kier molecular flexibility index (Phi) is 5.07. The summed E-state index contributed by atoms with van der Waals surface area (Å²) < 4.78 is 0. The number of nitrogens with zero attached hydrogens (tertiary/aromatic N) is 1. The van der Waals surface area contributed by atoms with Crippen LogP contribution in [0, 0.1) is 0 Å². The second-order valence-electron chi connectivity index (χ2n) is 5.64. The van der Waals surface area contributed by atoms with Crippen molar-refractivity contribution in [2.45, 2.75) is 12.5 Å². The second-order valence-corrected chi connectivity index (χ2v) is 6.51. The Hall–Kier alpha value is -2.04. The molecule has 1 aliphatic rings. The van der Waals surface area contributed by atoms with Crippen molar-refractivity contribution in [3.05, 3.63) is 69.7 Å². The lowest BCUT2D eigenvalue weighted by atomic mass is 10.0. The number of piperazine rings is 1. The molecule has 0 spiro atoms. The fraction of sp³-hybridized carbons (Fsp3) is 0.222. The maximum Gasteiger partial charge on any atom is 0.247 e. The minimum Gasteiger partial charge on any atom is -0.352 e. The molecule has 0 saturated carbocycles. The van der Waals surface area contributed by atoms with Crippen LogP contribution >= 0.6 is 23.2 Å². The zero-order valence-corrected chi connectivity index (χ0v) is 14.3. The molecule has 1 heterocycles. The van der Waals surface area contributed by atoms with Crippen molar-refractivity contribution in [2.24, 2.45) is 0 Å². The predicted octanol–water partition coefficient (Wildman–Crippen LogP) is 3.24. The number of hydrogen-bond donors (Lipinski definition) is 1. The molecule has 1 unspecified atom stereocenters. The summed E-state index contributed by atoms with van der Waals surface area (Å²) in [5, 5.41) is 3.98. The summed E-state index contributed by atoms with van der Waals surface area (Å²) in [7, 11) is 0. The highest BCUT2D eigenvalue weighted by molar-refractivity contribution is 6.30. The number of carbonyl (C=O) groups excluding carboxylic acids is 2. The predicted molar refractivity (Wildman–Crippen MR) is 94.1 cm³/mol. The minimum atomic E-state index is -0.655. The summed E-state index contributed by atoms with van der Waals surface area (Å²) in [6.45, 7) is 0.914. The van der Waals surface area contributed by atoms with E-state index in [1.165, 1.54) is 0 Å². The first-order valence-electron chi connectivity index (χ1n) is 7.61. The van der Waals surface area contributed by atoms with Crippen LogP contribution in [0.15, 0.2) is 48.5 Å². The van der Waals surface area contributed by atoms with E-state index in [4.69, 9.17) is 23.2 Å². The molecule has 1 saturated heterocycles. The molecular formula is C18H16Cl2N2O2. The Morgan fingerprint density at radius 3 is 2.58 bits per heavy atom. The van der Waals surface area contributed by atoms with E-state index in [0.29, 0.717) is 28.7 Å². The smallest absolute Gasteiger partial charge is 0.247 e. The zero-order chi connectivity index (χ0) is 17.1. The summed E-state index contributed by atoms with van der Waals surface area (Å²) in [5.41, 5.74) is 1.57. The van der Waals surface area contributed by atoms with Gasteiger partial charge in [0.25, 0.3) is 0 Å². The number of nitrogens with one attached hydrogen (secondary N) is 1. The van der Waals surface area contributed by atoms with E-state index >= 15 is 0 Å². The second kappa shape index (κ2) is 7.24. The van der Waals surface area contributed by atoms with E-state index < -0.39 is 6.04 Å². The molecular weight excluding hydrogens is 347 g/mol. The van der Waals surface area contributed by atoms with E-state index in [-0.39, 0.29) is 18.2 Å². The van der Waals surface area contributed by atoms with Crippen LogP contribution in [0.25, 0.3) is 0 Å². The largest absolute Gasteiger partial charge is 0.352 e. The molecule has 124 valence electrons. The first kappa shape index (κ1) is 16.8. The number of hydrogen-bond acceptors (Lipinski definition) is 2. The lowest BCUT2D eigenvalue weighted by Gasteiger charge is -2.35. The van der Waals surface area contributed by atoms with Gasteiger partial charge in [-0.3, -0.25) is 9.59 Å². The van der Waals surface area contributed by atoms with Gasteiger partial charge in [0.2, 0.25) is 11.8 Å². The minimum absolute atomic E-state index is 0.0999. The Labute approximate surface area is 150 Å². The highest BCUT2D eigenvalue weighted by atomic mass is 35.5. The van der Waals surface area contributed by atoms with Gasteiger partial charge in [-0.2, -0.15) is 0 Å². The number of rotatable bonds is 3. The first-order chi connectivity index (χ1) is 11.5. The fourth-order valence-electron chi connectivity index (χ4n) is 2.82.